The minimum Gasteiger partial charge on any atom is -0.494 e. The van der Waals surface area contributed by atoms with E-state index in [0.29, 0.717) is 0 Å². The van der Waals surface area contributed by atoms with Crippen LogP contribution in [-0.2, 0) is 0 Å². The number of halogens is 1. The van der Waals surface area contributed by atoms with Gasteiger partial charge in [0.15, 0.2) is 0 Å². The van der Waals surface area contributed by atoms with Gasteiger partial charge in [0.2, 0.25) is 0 Å². The average Bonchev–Trinajstić information content (AvgIpc) is 2.88. The molecule has 0 amide bonds. The van der Waals surface area contributed by atoms with Crippen molar-refractivity contribution in [2.75, 3.05) is 7.11 Å². The third-order valence-corrected chi connectivity index (χ3v) is 4.56. The number of H-pyrrole nitrogens is 1. The number of aromatic amines is 1. The topological polar surface area (TPSA) is 37.9 Å². The Morgan fingerprint density at radius 3 is 2.52 bits per heavy atom. The molecule has 0 spiro atoms. The Morgan fingerprint density at radius 1 is 0.960 bits per heavy atom. The van der Waals surface area contributed by atoms with Crippen molar-refractivity contribution in [3.8, 4) is 16.9 Å². The molecule has 4 aromatic rings. The van der Waals surface area contributed by atoms with Crippen molar-refractivity contribution in [1.29, 1.82) is 0 Å². The number of aryl methyl sites for hydroxylation is 3. The summed E-state index contributed by atoms with van der Waals surface area (Å²) in [6, 6.07) is 14.8. The summed E-state index contributed by atoms with van der Waals surface area (Å²) in [7, 11) is 1.69. The Balaban J connectivity index is 0.00000182. The Hall–Kier alpha value is -2.52. The summed E-state index contributed by atoms with van der Waals surface area (Å²) < 4.78 is 5.52. The molecular formula is C21H21ClN2O. The average molecular weight is 353 g/mol. The van der Waals surface area contributed by atoms with Gasteiger partial charge in [0.05, 0.1) is 7.11 Å². The molecule has 4 rings (SSSR count). The van der Waals surface area contributed by atoms with E-state index >= 15 is 0 Å². The zero-order valence-corrected chi connectivity index (χ0v) is 15.6. The van der Waals surface area contributed by atoms with Crippen molar-refractivity contribution in [2.45, 2.75) is 20.8 Å². The van der Waals surface area contributed by atoms with E-state index in [-0.39, 0.29) is 12.4 Å². The second kappa shape index (κ2) is 6.41. The molecule has 4 heteroatoms. The Kier molecular flexibility index (Phi) is 4.44. The molecule has 0 saturated carbocycles. The van der Waals surface area contributed by atoms with Gasteiger partial charge >= 0.3 is 0 Å². The van der Waals surface area contributed by atoms with Crippen LogP contribution in [0.1, 0.15) is 17.0 Å². The molecule has 3 nitrogen and oxygen atoms in total. The lowest BCUT2D eigenvalue weighted by atomic mass is 9.97. The minimum absolute atomic E-state index is 0. The number of hydrogen-bond donors (Lipinski definition) is 1. The number of benzene rings is 2. The van der Waals surface area contributed by atoms with Gasteiger partial charge in [-0.1, -0.05) is 23.8 Å². The van der Waals surface area contributed by atoms with Gasteiger partial charge < -0.3 is 9.72 Å². The molecule has 2 aromatic heterocycles. The molecule has 128 valence electrons. The Morgan fingerprint density at radius 2 is 1.76 bits per heavy atom. The normalized spacial score (nSPS) is 10.9. The smallest absolute Gasteiger partial charge is 0.145 e. The van der Waals surface area contributed by atoms with Crippen LogP contribution < -0.4 is 4.74 Å². The van der Waals surface area contributed by atoms with Crippen LogP contribution in [-0.4, -0.2) is 17.1 Å². The van der Waals surface area contributed by atoms with Gasteiger partial charge in [0.1, 0.15) is 11.3 Å². The summed E-state index contributed by atoms with van der Waals surface area (Å²) in [6.07, 6.45) is 0. The molecule has 0 aliphatic carbocycles. The molecular weight excluding hydrogens is 332 g/mol. The molecule has 0 bridgehead atoms. The second-order valence-corrected chi connectivity index (χ2v) is 6.34. The number of nitrogens with zero attached hydrogens (tertiary/aromatic N) is 1. The lowest BCUT2D eigenvalue weighted by Crippen LogP contribution is -1.93. The summed E-state index contributed by atoms with van der Waals surface area (Å²) in [4.78, 5) is 8.22. The third-order valence-electron chi connectivity index (χ3n) is 4.56. The fourth-order valence-corrected chi connectivity index (χ4v) is 3.51. The van der Waals surface area contributed by atoms with E-state index in [9.17, 15) is 0 Å². The number of para-hydroxylation sites is 1. The zero-order valence-electron chi connectivity index (χ0n) is 14.8. The standard InChI is InChI=1S/C21H20N2O.ClH/c1-12-8-9-18-17(10-12)20(14(3)23-18)16-11-13(2)22-21-15(16)6-5-7-19(21)24-4;/h5-11,23H,1-4H3;1H. The van der Waals surface area contributed by atoms with E-state index in [1.807, 2.05) is 19.1 Å². The van der Waals surface area contributed by atoms with Crippen LogP contribution in [0.25, 0.3) is 32.9 Å². The number of rotatable bonds is 2. The van der Waals surface area contributed by atoms with Crippen molar-refractivity contribution in [1.82, 2.24) is 9.97 Å². The van der Waals surface area contributed by atoms with Gasteiger partial charge in [-0.2, -0.15) is 0 Å². The van der Waals surface area contributed by atoms with Gasteiger partial charge in [-0.25, -0.2) is 4.98 Å². The molecule has 2 heterocycles. The maximum Gasteiger partial charge on any atom is 0.145 e. The highest BCUT2D eigenvalue weighted by molar-refractivity contribution is 6.06. The first-order valence-corrected chi connectivity index (χ1v) is 8.12. The first kappa shape index (κ1) is 17.3. The molecule has 0 atom stereocenters. The summed E-state index contributed by atoms with van der Waals surface area (Å²) in [5.74, 6) is 0.811. The van der Waals surface area contributed by atoms with Gasteiger partial charge in [-0.15, -0.1) is 12.4 Å². The predicted octanol–water partition coefficient (Wildman–Crippen LogP) is 5.74. The molecule has 0 fully saturated rings. The van der Waals surface area contributed by atoms with E-state index in [4.69, 9.17) is 9.72 Å². The molecule has 1 N–H and O–H groups in total. The van der Waals surface area contributed by atoms with Crippen LogP contribution in [0.4, 0.5) is 0 Å². The van der Waals surface area contributed by atoms with Crippen LogP contribution in [0, 0.1) is 20.8 Å². The largest absolute Gasteiger partial charge is 0.494 e. The predicted molar refractivity (Wildman–Crippen MR) is 107 cm³/mol. The number of ether oxygens (including phenoxy) is 1. The van der Waals surface area contributed by atoms with Gasteiger partial charge in [0.25, 0.3) is 0 Å². The van der Waals surface area contributed by atoms with Crippen molar-refractivity contribution < 1.29 is 4.74 Å². The number of pyridine rings is 1. The third kappa shape index (κ3) is 2.75. The first-order valence-electron chi connectivity index (χ1n) is 8.12. The fraction of sp³-hybridized carbons (Fsp3) is 0.190. The Bertz CT molecular complexity index is 1080. The molecule has 0 aliphatic rings. The number of hydrogen-bond acceptors (Lipinski definition) is 2. The zero-order chi connectivity index (χ0) is 16.8. The number of nitrogens with one attached hydrogen (secondary N) is 1. The van der Waals surface area contributed by atoms with E-state index < -0.39 is 0 Å². The van der Waals surface area contributed by atoms with Gasteiger partial charge in [-0.3, -0.25) is 0 Å². The quantitative estimate of drug-likeness (QED) is 0.499. The lowest BCUT2D eigenvalue weighted by molar-refractivity contribution is 0.419. The molecule has 25 heavy (non-hydrogen) atoms. The highest BCUT2D eigenvalue weighted by Crippen LogP contribution is 2.38. The van der Waals surface area contributed by atoms with Gasteiger partial charge in [-0.05, 0) is 50.6 Å². The highest BCUT2D eigenvalue weighted by Gasteiger charge is 2.16. The lowest BCUT2D eigenvalue weighted by Gasteiger charge is -2.11. The van der Waals surface area contributed by atoms with Crippen LogP contribution in [0.2, 0.25) is 0 Å². The van der Waals surface area contributed by atoms with Crippen molar-refractivity contribution >= 4 is 34.2 Å². The second-order valence-electron chi connectivity index (χ2n) is 6.34. The van der Waals surface area contributed by atoms with Crippen LogP contribution in [0.5, 0.6) is 5.75 Å². The molecule has 2 aromatic carbocycles. The number of fused-ring (bicyclic) bond motifs is 2. The van der Waals surface area contributed by atoms with Crippen molar-refractivity contribution in [3.63, 3.8) is 0 Å². The SMILES string of the molecule is COc1cccc2c(-c3c(C)[nH]c4ccc(C)cc34)cc(C)nc12.Cl. The maximum atomic E-state index is 5.52. The van der Waals surface area contributed by atoms with Crippen molar-refractivity contribution in [2.24, 2.45) is 0 Å². The minimum atomic E-state index is 0. The van der Waals surface area contributed by atoms with Crippen LogP contribution >= 0.6 is 12.4 Å². The van der Waals surface area contributed by atoms with E-state index in [1.165, 1.54) is 33.3 Å². The van der Waals surface area contributed by atoms with E-state index in [0.717, 1.165) is 22.3 Å². The summed E-state index contributed by atoms with van der Waals surface area (Å²) in [6.45, 7) is 6.29. The monoisotopic (exact) mass is 352 g/mol. The first-order chi connectivity index (χ1) is 11.6. The summed E-state index contributed by atoms with van der Waals surface area (Å²) in [5.41, 5.74) is 7.95. The summed E-state index contributed by atoms with van der Waals surface area (Å²) >= 11 is 0. The maximum absolute atomic E-state index is 5.52. The molecule has 0 aliphatic heterocycles. The van der Waals surface area contributed by atoms with Crippen molar-refractivity contribution in [3.05, 3.63) is 59.4 Å². The highest BCUT2D eigenvalue weighted by atomic mass is 35.5. The number of aromatic nitrogens is 2. The molecule has 0 saturated heterocycles. The Labute approximate surface area is 153 Å². The molecule has 0 unspecified atom stereocenters. The van der Waals surface area contributed by atoms with E-state index in [1.54, 1.807) is 7.11 Å². The fourth-order valence-electron chi connectivity index (χ4n) is 3.51. The number of methoxy groups -OCH3 is 1. The van der Waals surface area contributed by atoms with E-state index in [2.05, 4.69) is 49.2 Å². The van der Waals surface area contributed by atoms with Gasteiger partial charge in [0, 0.05) is 33.2 Å². The summed E-state index contributed by atoms with van der Waals surface area (Å²) in [5, 5.41) is 2.37. The molecule has 0 radical (unpaired) electrons. The van der Waals surface area contributed by atoms with Crippen LogP contribution in [0.3, 0.4) is 0 Å². The van der Waals surface area contributed by atoms with Crippen LogP contribution in [0.15, 0.2) is 42.5 Å².